The Bertz CT molecular complexity index is 1260. The van der Waals surface area contributed by atoms with E-state index in [0.717, 1.165) is 6.42 Å². The van der Waals surface area contributed by atoms with E-state index in [2.05, 4.69) is 12.1 Å². The molecule has 3 aromatic rings. The van der Waals surface area contributed by atoms with Crippen LogP contribution in [-0.4, -0.2) is 37.5 Å². The third kappa shape index (κ3) is 3.53. The van der Waals surface area contributed by atoms with Crippen LogP contribution in [0.25, 0.3) is 5.57 Å². The molecule has 6 heteroatoms. The molecule has 33 heavy (non-hydrogen) atoms. The molecular formula is C27H24N2O4. The zero-order chi connectivity index (χ0) is 22.9. The molecule has 2 amide bonds. The van der Waals surface area contributed by atoms with E-state index in [1.165, 1.54) is 16.0 Å². The molecule has 0 aromatic heterocycles. The van der Waals surface area contributed by atoms with Gasteiger partial charge >= 0.3 is 0 Å². The largest absolute Gasteiger partial charge is 0.497 e. The molecule has 0 atom stereocenters. The summed E-state index contributed by atoms with van der Waals surface area (Å²) in [6, 6.07) is 22.5. The quantitative estimate of drug-likeness (QED) is 0.561. The number of amides is 2. The zero-order valence-corrected chi connectivity index (χ0v) is 18.6. The van der Waals surface area contributed by atoms with Crippen molar-refractivity contribution in [2.45, 2.75) is 13.0 Å². The Morgan fingerprint density at radius 3 is 2.18 bits per heavy atom. The van der Waals surface area contributed by atoms with Crippen molar-refractivity contribution in [3.63, 3.8) is 0 Å². The van der Waals surface area contributed by atoms with E-state index in [-0.39, 0.29) is 11.8 Å². The van der Waals surface area contributed by atoms with Crippen LogP contribution in [0.5, 0.6) is 11.5 Å². The number of carbonyl (C=O) groups is 2. The van der Waals surface area contributed by atoms with Gasteiger partial charge in [-0.25, -0.2) is 4.90 Å². The van der Waals surface area contributed by atoms with Crippen LogP contribution in [-0.2, 0) is 22.6 Å². The van der Waals surface area contributed by atoms with Crippen LogP contribution in [0.4, 0.5) is 5.69 Å². The first-order valence-corrected chi connectivity index (χ1v) is 10.8. The van der Waals surface area contributed by atoms with Crippen LogP contribution < -0.4 is 14.4 Å². The molecule has 0 saturated heterocycles. The summed E-state index contributed by atoms with van der Waals surface area (Å²) < 4.78 is 10.8. The van der Waals surface area contributed by atoms with Crippen molar-refractivity contribution in [1.82, 2.24) is 4.90 Å². The van der Waals surface area contributed by atoms with Crippen molar-refractivity contribution in [2.75, 3.05) is 25.7 Å². The lowest BCUT2D eigenvalue weighted by molar-refractivity contribution is -0.120. The number of hydrogen-bond donors (Lipinski definition) is 0. The second kappa shape index (κ2) is 8.47. The number of hydrogen-bond acceptors (Lipinski definition) is 5. The second-order valence-corrected chi connectivity index (χ2v) is 8.01. The van der Waals surface area contributed by atoms with Crippen molar-refractivity contribution in [3.8, 4) is 11.5 Å². The first-order chi connectivity index (χ1) is 16.1. The average molecular weight is 440 g/mol. The van der Waals surface area contributed by atoms with Crippen molar-refractivity contribution in [2.24, 2.45) is 0 Å². The minimum absolute atomic E-state index is 0.328. The molecule has 166 valence electrons. The minimum Gasteiger partial charge on any atom is -0.497 e. The summed E-state index contributed by atoms with van der Waals surface area (Å²) in [5.74, 6) is 0.526. The van der Waals surface area contributed by atoms with Crippen LogP contribution in [0.1, 0.15) is 16.7 Å². The molecule has 0 aliphatic carbocycles. The number of nitrogens with zero attached hydrogens (tertiary/aromatic N) is 2. The predicted octanol–water partition coefficient (Wildman–Crippen LogP) is 4.05. The molecule has 2 aliphatic rings. The predicted molar refractivity (Wildman–Crippen MR) is 126 cm³/mol. The van der Waals surface area contributed by atoms with Crippen LogP contribution in [0, 0.1) is 0 Å². The topological polar surface area (TPSA) is 59.1 Å². The van der Waals surface area contributed by atoms with Gasteiger partial charge < -0.3 is 14.4 Å². The van der Waals surface area contributed by atoms with Gasteiger partial charge in [0.25, 0.3) is 11.8 Å². The fraction of sp³-hybridized carbons (Fsp3) is 0.185. The number of benzene rings is 3. The highest BCUT2D eigenvalue weighted by Crippen LogP contribution is 2.39. The van der Waals surface area contributed by atoms with Gasteiger partial charge in [0.05, 0.1) is 25.5 Å². The SMILES string of the molecule is COc1ccc(N2C(=O)C(c3ccccc3OC)=C(N3CCc4ccccc4C3)C2=O)cc1. The number of methoxy groups -OCH3 is 2. The molecule has 2 heterocycles. The van der Waals surface area contributed by atoms with Gasteiger partial charge in [0.2, 0.25) is 0 Å². The standard InChI is InChI=1S/C27H24N2O4/c1-32-21-13-11-20(12-14-21)29-26(30)24(22-9-5-6-10-23(22)33-2)25(27(29)31)28-16-15-18-7-3-4-8-19(18)17-28/h3-14H,15-17H2,1-2H3. The van der Waals surface area contributed by atoms with E-state index in [1.807, 2.05) is 35.2 Å². The van der Waals surface area contributed by atoms with E-state index < -0.39 is 0 Å². The Hall–Kier alpha value is -4.06. The monoisotopic (exact) mass is 440 g/mol. The molecule has 0 fully saturated rings. The number of carbonyl (C=O) groups excluding carboxylic acids is 2. The third-order valence-electron chi connectivity index (χ3n) is 6.21. The van der Waals surface area contributed by atoms with Gasteiger partial charge in [0.15, 0.2) is 0 Å². The first kappa shape index (κ1) is 20.8. The van der Waals surface area contributed by atoms with Crippen molar-refractivity contribution in [3.05, 3.63) is 95.2 Å². The molecule has 6 nitrogen and oxygen atoms in total. The lowest BCUT2D eigenvalue weighted by Crippen LogP contribution is -2.37. The smallest absolute Gasteiger partial charge is 0.282 e. The first-order valence-electron chi connectivity index (χ1n) is 10.8. The number of rotatable bonds is 5. The van der Waals surface area contributed by atoms with Crippen LogP contribution in [0.2, 0.25) is 0 Å². The van der Waals surface area contributed by atoms with Crippen LogP contribution >= 0.6 is 0 Å². The van der Waals surface area contributed by atoms with Gasteiger partial charge in [-0.15, -0.1) is 0 Å². The number of fused-ring (bicyclic) bond motifs is 1. The third-order valence-corrected chi connectivity index (χ3v) is 6.21. The fourth-order valence-corrected chi connectivity index (χ4v) is 4.56. The van der Waals surface area contributed by atoms with Gasteiger partial charge in [0.1, 0.15) is 17.2 Å². The summed E-state index contributed by atoms with van der Waals surface area (Å²) >= 11 is 0. The zero-order valence-electron chi connectivity index (χ0n) is 18.6. The lowest BCUT2D eigenvalue weighted by atomic mass is 9.97. The van der Waals surface area contributed by atoms with Crippen molar-refractivity contribution < 1.29 is 19.1 Å². The average Bonchev–Trinajstić information content (AvgIpc) is 3.13. The molecule has 0 saturated carbocycles. The maximum absolute atomic E-state index is 13.8. The Kier molecular flexibility index (Phi) is 5.34. The number of anilines is 1. The Balaban J connectivity index is 1.63. The summed E-state index contributed by atoms with van der Waals surface area (Å²) in [7, 11) is 3.15. The molecule has 0 spiro atoms. The van der Waals surface area contributed by atoms with Gasteiger partial charge in [-0.1, -0.05) is 42.5 Å². The van der Waals surface area contributed by atoms with E-state index >= 15 is 0 Å². The molecule has 2 aliphatic heterocycles. The van der Waals surface area contributed by atoms with Crippen molar-refractivity contribution >= 4 is 23.1 Å². The summed E-state index contributed by atoms with van der Waals surface area (Å²) in [6.07, 6.45) is 0.808. The summed E-state index contributed by atoms with van der Waals surface area (Å²) in [4.78, 5) is 30.8. The number of para-hydroxylation sites is 1. The van der Waals surface area contributed by atoms with Gasteiger partial charge in [0, 0.05) is 18.7 Å². The fourth-order valence-electron chi connectivity index (χ4n) is 4.56. The maximum Gasteiger partial charge on any atom is 0.282 e. The van der Waals surface area contributed by atoms with Crippen LogP contribution in [0.3, 0.4) is 0 Å². The molecule has 0 unspecified atom stereocenters. The van der Waals surface area contributed by atoms with E-state index in [1.54, 1.807) is 44.6 Å². The number of imide groups is 1. The molecule has 3 aromatic carbocycles. The highest BCUT2D eigenvalue weighted by atomic mass is 16.5. The van der Waals surface area contributed by atoms with E-state index in [4.69, 9.17) is 9.47 Å². The second-order valence-electron chi connectivity index (χ2n) is 8.01. The molecule has 0 radical (unpaired) electrons. The molecule has 0 bridgehead atoms. The van der Waals surface area contributed by atoms with E-state index in [0.29, 0.717) is 47.1 Å². The highest BCUT2D eigenvalue weighted by molar-refractivity contribution is 6.45. The Morgan fingerprint density at radius 1 is 0.758 bits per heavy atom. The minimum atomic E-state index is -0.358. The number of ether oxygens (including phenoxy) is 2. The summed E-state index contributed by atoms with van der Waals surface area (Å²) in [5, 5.41) is 0. The highest BCUT2D eigenvalue weighted by Gasteiger charge is 2.43. The van der Waals surface area contributed by atoms with Gasteiger partial charge in [-0.2, -0.15) is 0 Å². The summed E-state index contributed by atoms with van der Waals surface area (Å²) in [6.45, 7) is 1.22. The lowest BCUT2D eigenvalue weighted by Gasteiger charge is -2.31. The maximum atomic E-state index is 13.8. The Morgan fingerprint density at radius 2 is 1.45 bits per heavy atom. The van der Waals surface area contributed by atoms with Gasteiger partial charge in [-0.3, -0.25) is 9.59 Å². The molecule has 0 N–H and O–H groups in total. The van der Waals surface area contributed by atoms with Crippen molar-refractivity contribution in [1.29, 1.82) is 0 Å². The molecule has 5 rings (SSSR count). The summed E-state index contributed by atoms with van der Waals surface area (Å²) in [5.41, 5.74) is 4.34. The van der Waals surface area contributed by atoms with Crippen LogP contribution in [0.15, 0.2) is 78.5 Å². The Labute approximate surface area is 192 Å². The van der Waals surface area contributed by atoms with E-state index in [9.17, 15) is 9.59 Å². The molecular weight excluding hydrogens is 416 g/mol. The normalized spacial score (nSPS) is 15.7. The van der Waals surface area contributed by atoms with Gasteiger partial charge in [-0.05, 0) is 47.9 Å².